The average Bonchev–Trinajstić information content (AvgIpc) is 2.65. The lowest BCUT2D eigenvalue weighted by molar-refractivity contribution is -0.123. The standard InChI is InChI=1S/C17H14FN3O3/c1-9(22)19-10-6-7-14-12(8-10)15(21-17(24)16(23)20-14)11-4-2-3-5-13(11)18/h2-8,17,24H,1H3,(H,19,22)(H,20,23). The minimum atomic E-state index is -1.66. The Kier molecular flexibility index (Phi) is 4.09. The first-order valence-electron chi connectivity index (χ1n) is 7.19. The maximum Gasteiger partial charge on any atom is 0.276 e. The Labute approximate surface area is 137 Å². The highest BCUT2D eigenvalue weighted by molar-refractivity contribution is 6.20. The van der Waals surface area contributed by atoms with Crippen molar-refractivity contribution in [2.45, 2.75) is 13.2 Å². The maximum atomic E-state index is 14.2. The monoisotopic (exact) mass is 327 g/mol. The molecule has 1 heterocycles. The number of benzene rings is 2. The molecule has 0 bridgehead atoms. The zero-order valence-corrected chi connectivity index (χ0v) is 12.7. The average molecular weight is 327 g/mol. The third-order valence-electron chi connectivity index (χ3n) is 3.47. The topological polar surface area (TPSA) is 90.8 Å². The predicted molar refractivity (Wildman–Crippen MR) is 87.4 cm³/mol. The van der Waals surface area contributed by atoms with Gasteiger partial charge in [0.15, 0.2) is 0 Å². The van der Waals surface area contributed by atoms with Crippen molar-refractivity contribution < 1.29 is 19.1 Å². The molecule has 1 unspecified atom stereocenters. The third-order valence-corrected chi connectivity index (χ3v) is 3.47. The number of carbonyl (C=O) groups excluding carboxylic acids is 2. The van der Waals surface area contributed by atoms with E-state index in [1.807, 2.05) is 0 Å². The molecule has 0 fully saturated rings. The summed E-state index contributed by atoms with van der Waals surface area (Å²) in [5.41, 5.74) is 1.51. The summed E-state index contributed by atoms with van der Waals surface area (Å²) in [5.74, 6) is -1.51. The summed E-state index contributed by atoms with van der Waals surface area (Å²) in [6.45, 7) is 1.36. The SMILES string of the molecule is CC(=O)Nc1ccc2c(c1)C(c1ccccc1F)=NC(O)C(=O)N2. The predicted octanol–water partition coefficient (Wildman–Crippen LogP) is 1.89. The minimum Gasteiger partial charge on any atom is -0.364 e. The molecule has 0 aliphatic carbocycles. The zero-order valence-electron chi connectivity index (χ0n) is 12.7. The number of nitrogens with zero attached hydrogens (tertiary/aromatic N) is 1. The van der Waals surface area contributed by atoms with Crippen molar-refractivity contribution in [3.05, 3.63) is 59.4 Å². The molecule has 7 heteroatoms. The van der Waals surface area contributed by atoms with Gasteiger partial charge in [0.05, 0.1) is 11.4 Å². The smallest absolute Gasteiger partial charge is 0.276 e. The molecule has 0 radical (unpaired) electrons. The Morgan fingerprint density at radius 1 is 1.25 bits per heavy atom. The molecule has 2 aromatic rings. The lowest BCUT2D eigenvalue weighted by Gasteiger charge is -2.12. The Hall–Kier alpha value is -3.06. The van der Waals surface area contributed by atoms with Gasteiger partial charge in [0.1, 0.15) is 5.82 Å². The van der Waals surface area contributed by atoms with E-state index in [0.29, 0.717) is 16.9 Å². The van der Waals surface area contributed by atoms with E-state index in [1.165, 1.54) is 25.1 Å². The molecule has 0 aromatic heterocycles. The molecule has 2 amide bonds. The number of halogens is 1. The van der Waals surface area contributed by atoms with Crippen LogP contribution in [0, 0.1) is 5.82 Å². The lowest BCUT2D eigenvalue weighted by Crippen LogP contribution is -2.24. The molecule has 24 heavy (non-hydrogen) atoms. The van der Waals surface area contributed by atoms with Gasteiger partial charge in [0.25, 0.3) is 5.91 Å². The highest BCUT2D eigenvalue weighted by Gasteiger charge is 2.25. The van der Waals surface area contributed by atoms with Crippen LogP contribution in [0.5, 0.6) is 0 Å². The summed E-state index contributed by atoms with van der Waals surface area (Å²) in [6, 6.07) is 10.7. The molecule has 1 aliphatic heterocycles. The first-order valence-corrected chi connectivity index (χ1v) is 7.19. The maximum absolute atomic E-state index is 14.2. The largest absolute Gasteiger partial charge is 0.364 e. The molecule has 1 atom stereocenters. The third kappa shape index (κ3) is 3.02. The van der Waals surface area contributed by atoms with Gasteiger partial charge in [-0.05, 0) is 30.3 Å². The minimum absolute atomic E-state index is 0.126. The van der Waals surface area contributed by atoms with E-state index in [-0.39, 0.29) is 17.2 Å². The summed E-state index contributed by atoms with van der Waals surface area (Å²) < 4.78 is 14.2. The van der Waals surface area contributed by atoms with Crippen molar-refractivity contribution in [1.82, 2.24) is 0 Å². The second-order valence-electron chi connectivity index (χ2n) is 5.26. The van der Waals surface area contributed by atoms with Crippen LogP contribution in [0.3, 0.4) is 0 Å². The molecule has 1 aliphatic rings. The second kappa shape index (κ2) is 6.21. The highest BCUT2D eigenvalue weighted by Crippen LogP contribution is 2.28. The summed E-state index contributed by atoms with van der Waals surface area (Å²) >= 11 is 0. The Bertz CT molecular complexity index is 864. The fourth-order valence-corrected chi connectivity index (χ4v) is 2.45. The van der Waals surface area contributed by atoms with E-state index in [4.69, 9.17) is 0 Å². The fraction of sp³-hybridized carbons (Fsp3) is 0.118. The number of amides is 2. The van der Waals surface area contributed by atoms with Gasteiger partial charge in [0.2, 0.25) is 12.1 Å². The van der Waals surface area contributed by atoms with E-state index in [0.717, 1.165) is 0 Å². The van der Waals surface area contributed by atoms with Gasteiger partial charge in [0, 0.05) is 23.7 Å². The Morgan fingerprint density at radius 2 is 2.00 bits per heavy atom. The zero-order chi connectivity index (χ0) is 17.3. The van der Waals surface area contributed by atoms with Crippen LogP contribution in [0.2, 0.25) is 0 Å². The first-order chi connectivity index (χ1) is 11.5. The summed E-state index contributed by atoms with van der Waals surface area (Å²) in [6.07, 6.45) is -1.66. The van der Waals surface area contributed by atoms with Crippen LogP contribution in [0.1, 0.15) is 18.1 Å². The molecule has 0 saturated carbocycles. The quantitative estimate of drug-likeness (QED) is 0.787. The van der Waals surface area contributed by atoms with Crippen LogP contribution in [-0.4, -0.2) is 28.9 Å². The van der Waals surface area contributed by atoms with E-state index in [9.17, 15) is 19.1 Å². The van der Waals surface area contributed by atoms with Gasteiger partial charge in [-0.1, -0.05) is 12.1 Å². The highest BCUT2D eigenvalue weighted by atomic mass is 19.1. The first kappa shape index (κ1) is 15.8. The number of aliphatic hydroxyl groups excluding tert-OH is 1. The van der Waals surface area contributed by atoms with Gasteiger partial charge in [-0.2, -0.15) is 0 Å². The Morgan fingerprint density at radius 3 is 2.71 bits per heavy atom. The summed E-state index contributed by atoms with van der Waals surface area (Å²) in [7, 11) is 0. The summed E-state index contributed by atoms with van der Waals surface area (Å²) in [4.78, 5) is 27.1. The number of anilines is 2. The molecule has 2 aromatic carbocycles. The molecule has 122 valence electrons. The lowest BCUT2D eigenvalue weighted by atomic mass is 9.99. The molecule has 0 spiro atoms. The normalized spacial score (nSPS) is 16.5. The number of aliphatic imine (C=N–C) groups is 1. The molecule has 3 N–H and O–H groups in total. The molecule has 6 nitrogen and oxygen atoms in total. The van der Waals surface area contributed by atoms with Crippen LogP contribution >= 0.6 is 0 Å². The number of benzodiazepines with no additional fused rings is 1. The molecule has 3 rings (SSSR count). The Balaban J connectivity index is 2.20. The van der Waals surface area contributed by atoms with Crippen molar-refractivity contribution in [1.29, 1.82) is 0 Å². The summed E-state index contributed by atoms with van der Waals surface area (Å²) in [5, 5.41) is 15.0. The van der Waals surface area contributed by atoms with Crippen molar-refractivity contribution in [3.8, 4) is 0 Å². The van der Waals surface area contributed by atoms with Gasteiger partial charge >= 0.3 is 0 Å². The van der Waals surface area contributed by atoms with Gasteiger partial charge in [-0.25, -0.2) is 9.38 Å². The van der Waals surface area contributed by atoms with Crippen molar-refractivity contribution >= 4 is 28.9 Å². The number of hydrogen-bond donors (Lipinski definition) is 3. The van der Waals surface area contributed by atoms with Gasteiger partial charge in [-0.3, -0.25) is 9.59 Å². The van der Waals surface area contributed by atoms with Gasteiger partial charge in [-0.15, -0.1) is 0 Å². The van der Waals surface area contributed by atoms with E-state index < -0.39 is 18.0 Å². The molecule has 0 saturated heterocycles. The van der Waals surface area contributed by atoms with E-state index in [1.54, 1.807) is 24.3 Å². The van der Waals surface area contributed by atoms with Crippen LogP contribution in [0.25, 0.3) is 0 Å². The number of rotatable bonds is 2. The van der Waals surface area contributed by atoms with E-state index in [2.05, 4.69) is 15.6 Å². The molecular formula is C17H14FN3O3. The van der Waals surface area contributed by atoms with Crippen LogP contribution < -0.4 is 10.6 Å². The number of hydrogen-bond acceptors (Lipinski definition) is 4. The van der Waals surface area contributed by atoms with Crippen LogP contribution in [-0.2, 0) is 9.59 Å². The number of fused-ring (bicyclic) bond motifs is 1. The number of aliphatic hydroxyl groups is 1. The van der Waals surface area contributed by atoms with Crippen LogP contribution in [0.15, 0.2) is 47.5 Å². The van der Waals surface area contributed by atoms with E-state index >= 15 is 0 Å². The second-order valence-corrected chi connectivity index (χ2v) is 5.26. The number of carbonyl (C=O) groups is 2. The molecular weight excluding hydrogens is 313 g/mol. The number of nitrogens with one attached hydrogen (secondary N) is 2. The van der Waals surface area contributed by atoms with Crippen molar-refractivity contribution in [2.75, 3.05) is 10.6 Å². The van der Waals surface area contributed by atoms with Crippen LogP contribution in [0.4, 0.5) is 15.8 Å². The fourth-order valence-electron chi connectivity index (χ4n) is 2.45. The van der Waals surface area contributed by atoms with Crippen molar-refractivity contribution in [3.63, 3.8) is 0 Å². The van der Waals surface area contributed by atoms with Gasteiger partial charge < -0.3 is 15.7 Å². The van der Waals surface area contributed by atoms with Crippen molar-refractivity contribution in [2.24, 2.45) is 4.99 Å².